The molecule has 0 bridgehead atoms. The second-order valence-electron chi connectivity index (χ2n) is 4.92. The monoisotopic (exact) mass is 421 g/mol. The van der Waals surface area contributed by atoms with Crippen LogP contribution in [0.5, 0.6) is 5.75 Å². The maximum absolute atomic E-state index is 5.65. The summed E-state index contributed by atoms with van der Waals surface area (Å²) in [6.45, 7) is 8.78. The van der Waals surface area contributed by atoms with Crippen LogP contribution < -0.4 is 15.4 Å². The molecule has 1 aromatic rings. The standard InChI is InChI=1S/C16H27N3O2.HI/c1-5-17-16(19-14(3)12-20-4)18-10-11-21-15-8-6-13(2)7-9-15;/h6-9,14H,5,10-12H2,1-4H3,(H2,17,18,19);1H. The van der Waals surface area contributed by atoms with Gasteiger partial charge in [0.05, 0.1) is 13.2 Å². The Labute approximate surface area is 150 Å². The third kappa shape index (κ3) is 9.09. The summed E-state index contributed by atoms with van der Waals surface area (Å²) in [5, 5.41) is 6.49. The molecule has 0 spiro atoms. The van der Waals surface area contributed by atoms with Gasteiger partial charge in [-0.1, -0.05) is 17.7 Å². The molecule has 0 amide bonds. The van der Waals surface area contributed by atoms with Crippen molar-refractivity contribution in [3.63, 3.8) is 0 Å². The second kappa shape index (κ2) is 12.5. The Morgan fingerprint density at radius 3 is 2.55 bits per heavy atom. The summed E-state index contributed by atoms with van der Waals surface area (Å²) in [5.74, 6) is 1.66. The molecule has 1 atom stereocenters. The lowest BCUT2D eigenvalue weighted by Crippen LogP contribution is -2.44. The van der Waals surface area contributed by atoms with E-state index in [4.69, 9.17) is 9.47 Å². The summed E-state index contributed by atoms with van der Waals surface area (Å²) in [7, 11) is 1.69. The number of guanidine groups is 1. The van der Waals surface area contributed by atoms with E-state index in [0.717, 1.165) is 18.3 Å². The summed E-state index contributed by atoms with van der Waals surface area (Å²) in [6, 6.07) is 8.24. The van der Waals surface area contributed by atoms with Crippen molar-refractivity contribution in [3.05, 3.63) is 29.8 Å². The molecule has 0 saturated heterocycles. The van der Waals surface area contributed by atoms with Crippen LogP contribution in [0.4, 0.5) is 0 Å². The molecule has 0 aliphatic rings. The molecule has 22 heavy (non-hydrogen) atoms. The number of hydrogen-bond acceptors (Lipinski definition) is 3. The number of rotatable bonds is 8. The third-order valence-electron chi connectivity index (χ3n) is 2.79. The van der Waals surface area contributed by atoms with E-state index in [1.807, 2.05) is 31.2 Å². The van der Waals surface area contributed by atoms with Crippen molar-refractivity contribution in [2.24, 2.45) is 4.99 Å². The zero-order valence-electron chi connectivity index (χ0n) is 13.9. The number of aryl methyl sites for hydroxylation is 1. The van der Waals surface area contributed by atoms with Gasteiger partial charge in [0.1, 0.15) is 12.4 Å². The average molecular weight is 421 g/mol. The molecule has 5 nitrogen and oxygen atoms in total. The normalized spacial score (nSPS) is 12.3. The summed E-state index contributed by atoms with van der Waals surface area (Å²) in [6.07, 6.45) is 0. The van der Waals surface area contributed by atoms with Crippen molar-refractivity contribution in [1.29, 1.82) is 0 Å². The number of nitrogens with zero attached hydrogens (tertiary/aromatic N) is 1. The SMILES string of the molecule is CCNC(=NCCOc1ccc(C)cc1)NC(C)COC.I. The van der Waals surface area contributed by atoms with Crippen LogP contribution in [0.3, 0.4) is 0 Å². The van der Waals surface area contributed by atoms with Crippen LogP contribution in [-0.4, -0.2) is 45.4 Å². The van der Waals surface area contributed by atoms with Crippen molar-refractivity contribution >= 4 is 29.9 Å². The largest absolute Gasteiger partial charge is 0.492 e. The van der Waals surface area contributed by atoms with Crippen LogP contribution in [0.2, 0.25) is 0 Å². The number of hydrogen-bond donors (Lipinski definition) is 2. The Hall–Kier alpha value is -1.02. The van der Waals surface area contributed by atoms with Gasteiger partial charge in [-0.3, -0.25) is 0 Å². The van der Waals surface area contributed by atoms with E-state index in [1.54, 1.807) is 7.11 Å². The van der Waals surface area contributed by atoms with E-state index in [1.165, 1.54) is 5.56 Å². The number of aliphatic imine (C=N–C) groups is 1. The van der Waals surface area contributed by atoms with Gasteiger partial charge in [-0.05, 0) is 32.9 Å². The number of methoxy groups -OCH3 is 1. The van der Waals surface area contributed by atoms with Crippen molar-refractivity contribution in [3.8, 4) is 5.75 Å². The van der Waals surface area contributed by atoms with Crippen molar-refractivity contribution in [1.82, 2.24) is 10.6 Å². The Morgan fingerprint density at radius 1 is 1.27 bits per heavy atom. The predicted molar refractivity (Wildman–Crippen MR) is 103 cm³/mol. The minimum atomic E-state index is 0. The molecule has 126 valence electrons. The van der Waals surface area contributed by atoms with Crippen LogP contribution in [0.15, 0.2) is 29.3 Å². The maximum Gasteiger partial charge on any atom is 0.191 e. The first-order valence-electron chi connectivity index (χ1n) is 7.39. The topological polar surface area (TPSA) is 54.9 Å². The third-order valence-corrected chi connectivity index (χ3v) is 2.79. The van der Waals surface area contributed by atoms with Gasteiger partial charge in [0, 0.05) is 19.7 Å². The molecule has 0 saturated carbocycles. The quantitative estimate of drug-likeness (QED) is 0.293. The highest BCUT2D eigenvalue weighted by molar-refractivity contribution is 14.0. The first kappa shape index (κ1) is 21.0. The molecule has 0 heterocycles. The lowest BCUT2D eigenvalue weighted by molar-refractivity contribution is 0.179. The molecule has 0 radical (unpaired) electrons. The second-order valence-corrected chi connectivity index (χ2v) is 4.92. The number of halogens is 1. The fraction of sp³-hybridized carbons (Fsp3) is 0.562. The van der Waals surface area contributed by atoms with Gasteiger partial charge < -0.3 is 20.1 Å². The minimum absolute atomic E-state index is 0. The fourth-order valence-electron chi connectivity index (χ4n) is 1.80. The molecule has 1 aromatic carbocycles. The van der Waals surface area contributed by atoms with E-state index in [2.05, 4.69) is 29.5 Å². The first-order valence-corrected chi connectivity index (χ1v) is 7.39. The highest BCUT2D eigenvalue weighted by atomic mass is 127. The molecular weight excluding hydrogens is 393 g/mol. The Morgan fingerprint density at radius 2 is 1.95 bits per heavy atom. The van der Waals surface area contributed by atoms with Gasteiger partial charge in [-0.25, -0.2) is 4.99 Å². The lowest BCUT2D eigenvalue weighted by Gasteiger charge is -2.17. The highest BCUT2D eigenvalue weighted by Gasteiger charge is 2.03. The summed E-state index contributed by atoms with van der Waals surface area (Å²) in [4.78, 5) is 4.48. The smallest absolute Gasteiger partial charge is 0.191 e. The van der Waals surface area contributed by atoms with Crippen molar-refractivity contribution in [2.45, 2.75) is 26.8 Å². The average Bonchev–Trinajstić information content (AvgIpc) is 2.46. The van der Waals surface area contributed by atoms with Crippen molar-refractivity contribution < 1.29 is 9.47 Å². The zero-order valence-corrected chi connectivity index (χ0v) is 16.2. The Bertz CT molecular complexity index is 424. The van der Waals surface area contributed by atoms with E-state index in [0.29, 0.717) is 19.8 Å². The van der Waals surface area contributed by atoms with Gasteiger partial charge in [-0.15, -0.1) is 24.0 Å². The lowest BCUT2D eigenvalue weighted by atomic mass is 10.2. The maximum atomic E-state index is 5.65. The van der Waals surface area contributed by atoms with Crippen LogP contribution in [0.1, 0.15) is 19.4 Å². The predicted octanol–water partition coefficient (Wildman–Crippen LogP) is 2.58. The molecular formula is C16H28IN3O2. The van der Waals surface area contributed by atoms with Gasteiger partial charge in [0.2, 0.25) is 0 Å². The van der Waals surface area contributed by atoms with Crippen LogP contribution in [0, 0.1) is 6.92 Å². The van der Waals surface area contributed by atoms with Crippen LogP contribution >= 0.6 is 24.0 Å². The molecule has 0 fully saturated rings. The van der Waals surface area contributed by atoms with Crippen molar-refractivity contribution in [2.75, 3.05) is 33.4 Å². The molecule has 6 heteroatoms. The van der Waals surface area contributed by atoms with E-state index in [-0.39, 0.29) is 30.0 Å². The van der Waals surface area contributed by atoms with Crippen LogP contribution in [-0.2, 0) is 4.74 Å². The molecule has 0 aliphatic heterocycles. The number of ether oxygens (including phenoxy) is 2. The molecule has 2 N–H and O–H groups in total. The Balaban J connectivity index is 0.00000441. The fourth-order valence-corrected chi connectivity index (χ4v) is 1.80. The van der Waals surface area contributed by atoms with Gasteiger partial charge >= 0.3 is 0 Å². The van der Waals surface area contributed by atoms with Gasteiger partial charge in [-0.2, -0.15) is 0 Å². The summed E-state index contributed by atoms with van der Waals surface area (Å²) >= 11 is 0. The first-order chi connectivity index (χ1) is 10.2. The Kier molecular flexibility index (Phi) is 11.9. The molecule has 0 aliphatic carbocycles. The highest BCUT2D eigenvalue weighted by Crippen LogP contribution is 2.10. The van der Waals surface area contributed by atoms with Gasteiger partial charge in [0.25, 0.3) is 0 Å². The summed E-state index contributed by atoms with van der Waals surface area (Å²) in [5.41, 5.74) is 1.23. The molecule has 1 rings (SSSR count). The van der Waals surface area contributed by atoms with E-state index < -0.39 is 0 Å². The van der Waals surface area contributed by atoms with Crippen LogP contribution in [0.25, 0.3) is 0 Å². The molecule has 0 aromatic heterocycles. The molecule has 1 unspecified atom stereocenters. The van der Waals surface area contributed by atoms with E-state index >= 15 is 0 Å². The minimum Gasteiger partial charge on any atom is -0.492 e. The summed E-state index contributed by atoms with van der Waals surface area (Å²) < 4.78 is 10.8. The number of benzene rings is 1. The van der Waals surface area contributed by atoms with E-state index in [9.17, 15) is 0 Å². The van der Waals surface area contributed by atoms with Gasteiger partial charge in [0.15, 0.2) is 5.96 Å². The zero-order chi connectivity index (χ0) is 15.5. The number of nitrogens with one attached hydrogen (secondary N) is 2.